The minimum atomic E-state index is 0.803. The maximum Gasteiger partial charge on any atom is 0.136 e. The maximum absolute atomic E-state index is 6.31. The zero-order valence-electron chi connectivity index (χ0n) is 27.4. The van der Waals surface area contributed by atoms with E-state index < -0.39 is 0 Å². The molecule has 234 valence electrons. The van der Waals surface area contributed by atoms with Crippen LogP contribution in [-0.4, -0.2) is 0 Å². The quantitative estimate of drug-likeness (QED) is 0.171. The Hall–Kier alpha value is -6.44. The Bertz CT molecular complexity index is 2840. The molecule has 1 aromatic heterocycles. The molecule has 0 fully saturated rings. The predicted molar refractivity (Wildman–Crippen MR) is 212 cm³/mol. The summed E-state index contributed by atoms with van der Waals surface area (Å²) in [5.74, 6) is 0. The monoisotopic (exact) mass is 636 g/mol. The van der Waals surface area contributed by atoms with Crippen LogP contribution in [0.1, 0.15) is 11.1 Å². The van der Waals surface area contributed by atoms with Crippen LogP contribution >= 0.6 is 0 Å². The zero-order chi connectivity index (χ0) is 33.0. The van der Waals surface area contributed by atoms with E-state index >= 15 is 0 Å². The zero-order valence-corrected chi connectivity index (χ0v) is 27.4. The van der Waals surface area contributed by atoms with Crippen LogP contribution < -0.4 is 0 Å². The summed E-state index contributed by atoms with van der Waals surface area (Å²) in [5, 5.41) is 9.97. The van der Waals surface area contributed by atoms with Crippen LogP contribution in [0.25, 0.3) is 87.6 Å². The SMILES string of the molecule is c1ccc(-c2ccc3cccc(-c4c5ccccc5c(Cc5ccccc5-c5cccc6oc7ccccc7c56)c5ccccc45)c3c2)cc1. The molecule has 0 N–H and O–H groups in total. The summed E-state index contributed by atoms with van der Waals surface area (Å²) in [5.41, 5.74) is 11.9. The van der Waals surface area contributed by atoms with Crippen molar-refractivity contribution in [3.05, 3.63) is 193 Å². The highest BCUT2D eigenvalue weighted by Gasteiger charge is 2.20. The van der Waals surface area contributed by atoms with Crippen LogP contribution in [0, 0.1) is 0 Å². The Morgan fingerprint density at radius 2 is 0.960 bits per heavy atom. The van der Waals surface area contributed by atoms with Gasteiger partial charge in [-0.05, 0) is 101 Å². The number of benzene rings is 9. The van der Waals surface area contributed by atoms with E-state index in [9.17, 15) is 0 Å². The van der Waals surface area contributed by atoms with Gasteiger partial charge in [0.05, 0.1) is 0 Å². The normalized spacial score (nSPS) is 11.7. The van der Waals surface area contributed by atoms with Gasteiger partial charge in [0.25, 0.3) is 0 Å². The number of furan rings is 1. The molecule has 10 aromatic rings. The molecule has 1 heterocycles. The molecule has 0 aliphatic rings. The van der Waals surface area contributed by atoms with E-state index in [4.69, 9.17) is 4.42 Å². The van der Waals surface area contributed by atoms with Crippen molar-refractivity contribution in [2.75, 3.05) is 0 Å². The minimum Gasteiger partial charge on any atom is -0.456 e. The molecule has 1 nitrogen and oxygen atoms in total. The van der Waals surface area contributed by atoms with Gasteiger partial charge in [-0.1, -0.05) is 164 Å². The standard InChI is InChI=1S/C49H32O/c1-2-14-32(15-3-1)34-29-28-33-17-12-24-42(44(33)30-34)48-40-21-8-6-19-37(40)45(38-20-7-9-22-41(38)48)31-35-16-4-5-18-36(35)39-25-13-27-47-49(39)43-23-10-11-26-46(43)50-47/h1-30H,31H2. The van der Waals surface area contributed by atoms with Gasteiger partial charge in [-0.3, -0.25) is 0 Å². The molecule has 0 saturated heterocycles. The van der Waals surface area contributed by atoms with Gasteiger partial charge in [0.2, 0.25) is 0 Å². The summed E-state index contributed by atoms with van der Waals surface area (Å²) in [6, 6.07) is 66.0. The molecule has 0 spiro atoms. The van der Waals surface area contributed by atoms with Gasteiger partial charge in [0, 0.05) is 10.8 Å². The second-order valence-electron chi connectivity index (χ2n) is 13.2. The molecule has 0 aliphatic carbocycles. The largest absolute Gasteiger partial charge is 0.456 e. The fourth-order valence-corrected chi connectivity index (χ4v) is 8.13. The molecule has 50 heavy (non-hydrogen) atoms. The van der Waals surface area contributed by atoms with E-state index in [0.29, 0.717) is 0 Å². The summed E-state index contributed by atoms with van der Waals surface area (Å²) in [4.78, 5) is 0. The number of para-hydroxylation sites is 1. The van der Waals surface area contributed by atoms with Crippen LogP contribution in [0.3, 0.4) is 0 Å². The fraction of sp³-hybridized carbons (Fsp3) is 0.0204. The Labute approximate surface area is 290 Å². The molecule has 0 bridgehead atoms. The third-order valence-electron chi connectivity index (χ3n) is 10.4. The summed E-state index contributed by atoms with van der Waals surface area (Å²) >= 11 is 0. The average Bonchev–Trinajstić information content (AvgIpc) is 3.57. The lowest BCUT2D eigenvalue weighted by Gasteiger charge is -2.20. The van der Waals surface area contributed by atoms with Gasteiger partial charge in [-0.15, -0.1) is 0 Å². The molecule has 0 atom stereocenters. The Morgan fingerprint density at radius 3 is 1.76 bits per heavy atom. The fourth-order valence-electron chi connectivity index (χ4n) is 8.13. The van der Waals surface area contributed by atoms with Gasteiger partial charge in [-0.25, -0.2) is 0 Å². The predicted octanol–water partition coefficient (Wildman–Crippen LogP) is 13.6. The number of fused-ring (bicyclic) bond motifs is 6. The molecular formula is C49H32O. The van der Waals surface area contributed by atoms with Gasteiger partial charge < -0.3 is 4.42 Å². The van der Waals surface area contributed by atoms with E-state index in [1.165, 1.54) is 82.2 Å². The van der Waals surface area contributed by atoms with Gasteiger partial charge in [0.15, 0.2) is 0 Å². The van der Waals surface area contributed by atoms with Crippen molar-refractivity contribution in [2.24, 2.45) is 0 Å². The summed E-state index contributed by atoms with van der Waals surface area (Å²) in [7, 11) is 0. The summed E-state index contributed by atoms with van der Waals surface area (Å²) in [6.07, 6.45) is 0.803. The first-order valence-electron chi connectivity index (χ1n) is 17.3. The second kappa shape index (κ2) is 11.6. The molecule has 1 heteroatoms. The van der Waals surface area contributed by atoms with Gasteiger partial charge in [0.1, 0.15) is 11.2 Å². The number of rotatable bonds is 5. The molecule has 0 amide bonds. The second-order valence-corrected chi connectivity index (χ2v) is 13.2. The first-order chi connectivity index (χ1) is 24.8. The summed E-state index contributed by atoms with van der Waals surface area (Å²) < 4.78 is 6.31. The Balaban J connectivity index is 1.20. The van der Waals surface area contributed by atoms with Crippen molar-refractivity contribution in [3.63, 3.8) is 0 Å². The smallest absolute Gasteiger partial charge is 0.136 e. The Kier molecular flexibility index (Phi) is 6.63. The third kappa shape index (κ3) is 4.55. The molecule has 0 radical (unpaired) electrons. The van der Waals surface area contributed by atoms with E-state index in [2.05, 4.69) is 176 Å². The molecular weight excluding hydrogens is 605 g/mol. The van der Waals surface area contributed by atoms with Gasteiger partial charge in [-0.2, -0.15) is 0 Å². The highest BCUT2D eigenvalue weighted by molar-refractivity contribution is 6.19. The first kappa shape index (κ1) is 28.6. The topological polar surface area (TPSA) is 13.1 Å². The molecule has 9 aromatic carbocycles. The van der Waals surface area contributed by atoms with Crippen LogP contribution in [0.4, 0.5) is 0 Å². The lowest BCUT2D eigenvalue weighted by Crippen LogP contribution is -1.98. The van der Waals surface area contributed by atoms with E-state index in [1.807, 2.05) is 6.07 Å². The van der Waals surface area contributed by atoms with Crippen molar-refractivity contribution < 1.29 is 4.42 Å². The van der Waals surface area contributed by atoms with E-state index in [0.717, 1.165) is 23.0 Å². The van der Waals surface area contributed by atoms with Crippen molar-refractivity contribution in [3.8, 4) is 33.4 Å². The van der Waals surface area contributed by atoms with Crippen molar-refractivity contribution in [1.82, 2.24) is 0 Å². The molecule has 10 rings (SSSR count). The first-order valence-corrected chi connectivity index (χ1v) is 17.3. The molecule has 0 aliphatic heterocycles. The number of hydrogen-bond donors (Lipinski definition) is 0. The number of hydrogen-bond acceptors (Lipinski definition) is 1. The van der Waals surface area contributed by atoms with E-state index in [1.54, 1.807) is 0 Å². The molecule has 0 unspecified atom stereocenters. The lowest BCUT2D eigenvalue weighted by molar-refractivity contribution is 0.669. The van der Waals surface area contributed by atoms with E-state index in [-0.39, 0.29) is 0 Å². The third-order valence-corrected chi connectivity index (χ3v) is 10.4. The van der Waals surface area contributed by atoms with Crippen LogP contribution in [0.2, 0.25) is 0 Å². The van der Waals surface area contributed by atoms with Crippen molar-refractivity contribution in [1.29, 1.82) is 0 Å². The molecule has 0 saturated carbocycles. The van der Waals surface area contributed by atoms with Crippen LogP contribution in [0.15, 0.2) is 186 Å². The lowest BCUT2D eigenvalue weighted by atomic mass is 9.83. The maximum atomic E-state index is 6.31. The Morgan fingerprint density at radius 1 is 0.360 bits per heavy atom. The summed E-state index contributed by atoms with van der Waals surface area (Å²) in [6.45, 7) is 0. The average molecular weight is 637 g/mol. The van der Waals surface area contributed by atoms with Gasteiger partial charge >= 0.3 is 0 Å². The highest BCUT2D eigenvalue weighted by atomic mass is 16.3. The van der Waals surface area contributed by atoms with Crippen molar-refractivity contribution in [2.45, 2.75) is 6.42 Å². The minimum absolute atomic E-state index is 0.803. The van der Waals surface area contributed by atoms with Crippen molar-refractivity contribution >= 4 is 54.3 Å². The highest BCUT2D eigenvalue weighted by Crippen LogP contribution is 2.44. The van der Waals surface area contributed by atoms with Crippen LogP contribution in [-0.2, 0) is 6.42 Å². The van der Waals surface area contributed by atoms with Crippen LogP contribution in [0.5, 0.6) is 0 Å².